The fourth-order valence-electron chi connectivity index (χ4n) is 3.08. The Morgan fingerprint density at radius 3 is 2.63 bits per heavy atom. The maximum atomic E-state index is 13.4. The van der Waals surface area contributed by atoms with Gasteiger partial charge in [-0.3, -0.25) is 19.1 Å². The van der Waals surface area contributed by atoms with Gasteiger partial charge in [0.05, 0.1) is 12.2 Å². The fourth-order valence-corrected chi connectivity index (χ4v) is 3.66. The maximum absolute atomic E-state index is 13.4. The summed E-state index contributed by atoms with van der Waals surface area (Å²) in [7, 11) is 1.68. The van der Waals surface area contributed by atoms with Gasteiger partial charge in [0.25, 0.3) is 5.56 Å². The second-order valence-corrected chi connectivity index (χ2v) is 7.32. The van der Waals surface area contributed by atoms with Crippen LogP contribution in [0.2, 0.25) is 0 Å². The number of anilines is 1. The minimum absolute atomic E-state index is 0.173. The van der Waals surface area contributed by atoms with Crippen molar-refractivity contribution in [1.29, 1.82) is 0 Å². The van der Waals surface area contributed by atoms with E-state index in [4.69, 9.17) is 0 Å². The number of halogens is 2. The Kier molecular flexibility index (Phi) is 5.40. The molecule has 0 saturated heterocycles. The molecule has 4 rings (SSSR count). The van der Waals surface area contributed by atoms with Gasteiger partial charge in [-0.1, -0.05) is 6.07 Å². The molecule has 0 bridgehead atoms. The molecule has 1 amide bonds. The summed E-state index contributed by atoms with van der Waals surface area (Å²) in [5, 5.41) is 4.43. The summed E-state index contributed by atoms with van der Waals surface area (Å²) >= 11 is 3.26. The van der Waals surface area contributed by atoms with E-state index in [0.29, 0.717) is 27.0 Å². The summed E-state index contributed by atoms with van der Waals surface area (Å²) in [5.74, 6) is -0.771. The van der Waals surface area contributed by atoms with Crippen molar-refractivity contribution in [2.24, 2.45) is 7.05 Å². The van der Waals surface area contributed by atoms with Crippen LogP contribution in [0.15, 0.2) is 64.4 Å². The van der Waals surface area contributed by atoms with Crippen LogP contribution in [0.3, 0.4) is 0 Å². The van der Waals surface area contributed by atoms with E-state index in [-0.39, 0.29) is 24.6 Å². The zero-order valence-corrected chi connectivity index (χ0v) is 17.5. The highest BCUT2D eigenvalue weighted by atomic mass is 79.9. The Labute approximate surface area is 178 Å². The first-order valence-electron chi connectivity index (χ1n) is 8.97. The molecular weight excluding hydrogens is 455 g/mol. The molecule has 0 saturated carbocycles. The van der Waals surface area contributed by atoms with Crippen molar-refractivity contribution in [2.45, 2.75) is 13.1 Å². The topological polar surface area (TPSA) is 85.9 Å². The second kappa shape index (κ2) is 8.15. The number of rotatable bonds is 5. The number of carbonyl (C=O) groups is 1. The number of benzene rings is 1. The molecule has 3 heterocycles. The third-order valence-electron chi connectivity index (χ3n) is 4.56. The van der Waals surface area contributed by atoms with Gasteiger partial charge in [-0.05, 0) is 52.3 Å². The van der Waals surface area contributed by atoms with Crippen molar-refractivity contribution in [3.8, 4) is 0 Å². The van der Waals surface area contributed by atoms with Crippen LogP contribution in [0, 0.1) is 5.82 Å². The first-order chi connectivity index (χ1) is 14.4. The standard InChI is InChI=1S/C20H16BrFN6O2/c1-26-19-17(18(21)25-26)20(30)27(12-24-19)11-16(29)28(10-14-4-2-3-9-23-14)15-7-5-13(22)6-8-15/h2-9,12H,10-11H2,1H3. The SMILES string of the molecule is Cn1nc(Br)c2c(=O)n(CC(=O)N(Cc3ccccn3)c3ccc(F)cc3)cnc21. The molecule has 0 spiro atoms. The molecular formula is C20H16BrFN6O2. The molecule has 0 atom stereocenters. The predicted octanol–water partition coefficient (Wildman–Crippen LogP) is 2.66. The number of nitrogens with zero attached hydrogens (tertiary/aromatic N) is 6. The lowest BCUT2D eigenvalue weighted by atomic mass is 10.2. The van der Waals surface area contributed by atoms with Crippen LogP contribution in [0.1, 0.15) is 5.69 Å². The monoisotopic (exact) mass is 470 g/mol. The summed E-state index contributed by atoms with van der Waals surface area (Å²) in [5.41, 5.74) is 1.19. The minimum atomic E-state index is -0.406. The van der Waals surface area contributed by atoms with E-state index in [0.717, 1.165) is 0 Å². The van der Waals surface area contributed by atoms with Crippen LogP contribution in [-0.2, 0) is 24.9 Å². The molecule has 8 nitrogen and oxygen atoms in total. The van der Waals surface area contributed by atoms with Gasteiger partial charge in [-0.2, -0.15) is 5.10 Å². The van der Waals surface area contributed by atoms with Crippen LogP contribution in [0.4, 0.5) is 10.1 Å². The number of aromatic nitrogens is 5. The highest BCUT2D eigenvalue weighted by Gasteiger charge is 2.20. The van der Waals surface area contributed by atoms with Crippen LogP contribution >= 0.6 is 15.9 Å². The Morgan fingerprint density at radius 1 is 1.17 bits per heavy atom. The first kappa shape index (κ1) is 19.9. The normalized spacial score (nSPS) is 11.0. The minimum Gasteiger partial charge on any atom is -0.305 e. The summed E-state index contributed by atoms with van der Waals surface area (Å²) < 4.78 is 16.5. The van der Waals surface area contributed by atoms with E-state index >= 15 is 0 Å². The zero-order valence-electron chi connectivity index (χ0n) is 15.9. The van der Waals surface area contributed by atoms with Gasteiger partial charge in [0, 0.05) is 18.9 Å². The lowest BCUT2D eigenvalue weighted by Gasteiger charge is -2.23. The van der Waals surface area contributed by atoms with Gasteiger partial charge in [0.2, 0.25) is 5.91 Å². The lowest BCUT2D eigenvalue weighted by molar-refractivity contribution is -0.119. The molecule has 152 valence electrons. The number of amides is 1. The van der Waals surface area contributed by atoms with E-state index in [1.807, 2.05) is 6.07 Å². The van der Waals surface area contributed by atoms with Crippen molar-refractivity contribution in [2.75, 3.05) is 4.90 Å². The largest absolute Gasteiger partial charge is 0.305 e. The van der Waals surface area contributed by atoms with Gasteiger partial charge in [-0.15, -0.1) is 0 Å². The average Bonchev–Trinajstić information content (AvgIpc) is 3.03. The van der Waals surface area contributed by atoms with Crippen molar-refractivity contribution in [3.63, 3.8) is 0 Å². The molecule has 0 unspecified atom stereocenters. The summed E-state index contributed by atoms with van der Waals surface area (Å²) in [6.07, 6.45) is 2.95. The van der Waals surface area contributed by atoms with E-state index in [1.165, 1.54) is 44.7 Å². The zero-order chi connectivity index (χ0) is 21.3. The van der Waals surface area contributed by atoms with Crippen LogP contribution in [0.5, 0.6) is 0 Å². The fraction of sp³-hybridized carbons (Fsp3) is 0.150. The van der Waals surface area contributed by atoms with Crippen LogP contribution in [-0.4, -0.2) is 30.2 Å². The Morgan fingerprint density at radius 2 is 1.93 bits per heavy atom. The van der Waals surface area contributed by atoms with Gasteiger partial charge in [-0.25, -0.2) is 14.1 Å². The summed E-state index contributed by atoms with van der Waals surface area (Å²) in [6.45, 7) is -0.0698. The molecule has 0 N–H and O–H groups in total. The van der Waals surface area contributed by atoms with Crippen molar-refractivity contribution in [3.05, 3.63) is 81.5 Å². The van der Waals surface area contributed by atoms with Crippen molar-refractivity contribution >= 4 is 38.6 Å². The molecule has 0 aliphatic carbocycles. The summed E-state index contributed by atoms with van der Waals surface area (Å²) in [6, 6.07) is 11.0. The Balaban J connectivity index is 1.69. The molecule has 3 aromatic heterocycles. The van der Waals surface area contributed by atoms with Crippen molar-refractivity contribution < 1.29 is 9.18 Å². The van der Waals surface area contributed by atoms with E-state index in [9.17, 15) is 14.0 Å². The lowest BCUT2D eigenvalue weighted by Crippen LogP contribution is -2.36. The second-order valence-electron chi connectivity index (χ2n) is 6.57. The number of fused-ring (bicyclic) bond motifs is 1. The maximum Gasteiger partial charge on any atom is 0.266 e. The number of carbonyl (C=O) groups excluding carboxylic acids is 1. The Bertz CT molecular complexity index is 1270. The van der Waals surface area contributed by atoms with Gasteiger partial charge < -0.3 is 4.90 Å². The molecule has 4 aromatic rings. The van der Waals surface area contributed by atoms with E-state index in [1.54, 1.807) is 25.4 Å². The molecule has 10 heteroatoms. The predicted molar refractivity (Wildman–Crippen MR) is 112 cm³/mol. The van der Waals surface area contributed by atoms with Crippen molar-refractivity contribution in [1.82, 2.24) is 24.3 Å². The van der Waals surface area contributed by atoms with E-state index < -0.39 is 5.82 Å². The smallest absolute Gasteiger partial charge is 0.266 e. The highest BCUT2D eigenvalue weighted by Crippen LogP contribution is 2.19. The number of hydrogen-bond acceptors (Lipinski definition) is 5. The molecule has 30 heavy (non-hydrogen) atoms. The molecule has 0 fully saturated rings. The molecule has 0 aliphatic rings. The average molecular weight is 471 g/mol. The molecule has 0 aliphatic heterocycles. The third kappa shape index (κ3) is 3.86. The van der Waals surface area contributed by atoms with Crippen LogP contribution < -0.4 is 10.5 Å². The van der Waals surface area contributed by atoms with Gasteiger partial charge >= 0.3 is 0 Å². The highest BCUT2D eigenvalue weighted by molar-refractivity contribution is 9.10. The van der Waals surface area contributed by atoms with Gasteiger partial charge in [0.1, 0.15) is 28.7 Å². The van der Waals surface area contributed by atoms with E-state index in [2.05, 4.69) is 31.0 Å². The third-order valence-corrected chi connectivity index (χ3v) is 5.11. The number of pyridine rings is 1. The number of hydrogen-bond donors (Lipinski definition) is 0. The Hall–Kier alpha value is -3.40. The summed E-state index contributed by atoms with van der Waals surface area (Å²) in [4.78, 5) is 36.0. The van der Waals surface area contributed by atoms with Crippen LogP contribution in [0.25, 0.3) is 11.0 Å². The number of aryl methyl sites for hydroxylation is 1. The molecule has 0 radical (unpaired) electrons. The quantitative estimate of drug-likeness (QED) is 0.447. The molecule has 1 aromatic carbocycles. The van der Waals surface area contributed by atoms with Gasteiger partial charge in [0.15, 0.2) is 5.65 Å². The first-order valence-corrected chi connectivity index (χ1v) is 9.77.